The minimum Gasteiger partial charge on any atom is -0.377 e. The second-order valence-corrected chi connectivity index (χ2v) is 13.3. The van der Waals surface area contributed by atoms with Crippen molar-refractivity contribution >= 4 is 28.4 Å². The fourth-order valence-corrected chi connectivity index (χ4v) is 10.1. The first-order chi connectivity index (χ1) is 16.7. The summed E-state index contributed by atoms with van der Waals surface area (Å²) in [5.41, 5.74) is 1.93. The summed E-state index contributed by atoms with van der Waals surface area (Å²) in [6.45, 7) is 7.94. The van der Waals surface area contributed by atoms with E-state index in [0.29, 0.717) is 11.5 Å². The zero-order valence-electron chi connectivity index (χ0n) is 20.8. The number of anilines is 1. The Morgan fingerprint density at radius 2 is 1.65 bits per heavy atom. The van der Waals surface area contributed by atoms with Crippen LogP contribution in [0.4, 0.5) is 5.69 Å². The summed E-state index contributed by atoms with van der Waals surface area (Å²) >= 11 is 1.96. The zero-order chi connectivity index (χ0) is 22.7. The predicted molar refractivity (Wildman–Crippen MR) is 142 cm³/mol. The van der Waals surface area contributed by atoms with Gasteiger partial charge in [0.15, 0.2) is 0 Å². The van der Waals surface area contributed by atoms with Gasteiger partial charge in [-0.1, -0.05) is 24.3 Å². The second kappa shape index (κ2) is 8.71. The molecule has 4 heteroatoms. The minimum absolute atomic E-state index is 0.462. The Labute approximate surface area is 209 Å². The molecule has 2 aromatic carbocycles. The standard InChI is InChI=1S/C30H40N2OS/c1-2-33-28(30-16-22-13-23(17-30)15-24(14-22)18-30)20-31-11-9-21(10-12-31)19-32-26-7-3-5-25-6-4-8-27(34-32)29(25)26/h3-8,21-24,28H,2,9-20H2,1H3/t22?,23?,24?,28-,30?/m0/s1. The molecular formula is C30H40N2OS. The monoisotopic (exact) mass is 476 g/mol. The fourth-order valence-electron chi connectivity index (χ4n) is 8.89. The number of likely N-dealkylation sites (tertiary alicyclic amines) is 1. The van der Waals surface area contributed by atoms with E-state index in [2.05, 4.69) is 52.5 Å². The molecule has 0 aromatic heterocycles. The molecule has 6 aliphatic rings. The number of rotatable bonds is 7. The minimum atomic E-state index is 0.462. The molecule has 5 fully saturated rings. The molecule has 0 radical (unpaired) electrons. The first-order valence-electron chi connectivity index (χ1n) is 14.0. The molecule has 8 rings (SSSR count). The topological polar surface area (TPSA) is 15.7 Å². The Kier molecular flexibility index (Phi) is 5.64. The highest BCUT2D eigenvalue weighted by molar-refractivity contribution is 8.01. The lowest BCUT2D eigenvalue weighted by Gasteiger charge is -2.59. The maximum absolute atomic E-state index is 6.58. The number of piperidine rings is 1. The molecule has 0 N–H and O–H groups in total. The molecule has 34 heavy (non-hydrogen) atoms. The molecule has 0 spiro atoms. The lowest BCUT2D eigenvalue weighted by Crippen LogP contribution is -2.56. The average Bonchev–Trinajstić information content (AvgIpc) is 3.18. The molecule has 3 nitrogen and oxygen atoms in total. The van der Waals surface area contributed by atoms with Crippen LogP contribution in [0.5, 0.6) is 0 Å². The number of ether oxygens (including phenoxy) is 1. The number of benzene rings is 2. The second-order valence-electron chi connectivity index (χ2n) is 12.3. The van der Waals surface area contributed by atoms with Gasteiger partial charge in [0.1, 0.15) is 0 Å². The molecule has 182 valence electrons. The number of nitrogens with zero attached hydrogens (tertiary/aromatic N) is 2. The van der Waals surface area contributed by atoms with Gasteiger partial charge >= 0.3 is 0 Å². The Morgan fingerprint density at radius 3 is 2.32 bits per heavy atom. The van der Waals surface area contributed by atoms with Gasteiger partial charge in [0.25, 0.3) is 0 Å². The lowest BCUT2D eigenvalue weighted by molar-refractivity contribution is -0.148. The van der Waals surface area contributed by atoms with E-state index < -0.39 is 0 Å². The molecule has 0 unspecified atom stereocenters. The highest BCUT2D eigenvalue weighted by atomic mass is 32.2. The third-order valence-corrected chi connectivity index (χ3v) is 11.1. The lowest BCUT2D eigenvalue weighted by atomic mass is 9.48. The number of hydrogen-bond donors (Lipinski definition) is 0. The first kappa shape index (κ1) is 22.0. The van der Waals surface area contributed by atoms with E-state index in [1.54, 1.807) is 0 Å². The molecule has 4 bridgehead atoms. The summed E-state index contributed by atoms with van der Waals surface area (Å²) < 4.78 is 9.16. The van der Waals surface area contributed by atoms with Gasteiger partial charge in [0.05, 0.1) is 11.8 Å². The molecule has 4 saturated carbocycles. The van der Waals surface area contributed by atoms with Crippen LogP contribution in [-0.2, 0) is 4.74 Å². The van der Waals surface area contributed by atoms with E-state index in [1.165, 1.54) is 98.9 Å². The maximum Gasteiger partial charge on any atom is 0.0758 e. The van der Waals surface area contributed by atoms with Crippen LogP contribution in [0.25, 0.3) is 10.8 Å². The van der Waals surface area contributed by atoms with Crippen molar-refractivity contribution in [3.8, 4) is 0 Å². The van der Waals surface area contributed by atoms with Gasteiger partial charge in [0, 0.05) is 30.0 Å². The molecule has 2 aliphatic heterocycles. The maximum atomic E-state index is 6.58. The van der Waals surface area contributed by atoms with E-state index in [4.69, 9.17) is 4.74 Å². The number of hydrogen-bond acceptors (Lipinski definition) is 4. The molecule has 1 atom stereocenters. The van der Waals surface area contributed by atoms with Crippen molar-refractivity contribution in [3.05, 3.63) is 36.4 Å². The van der Waals surface area contributed by atoms with Crippen LogP contribution in [-0.4, -0.2) is 43.8 Å². The highest BCUT2D eigenvalue weighted by Crippen LogP contribution is 2.62. The molecule has 0 amide bonds. The Bertz CT molecular complexity index is 1000. The summed E-state index contributed by atoms with van der Waals surface area (Å²) in [5.74, 6) is 3.81. The summed E-state index contributed by atoms with van der Waals surface area (Å²) in [5, 5.41) is 2.84. The smallest absolute Gasteiger partial charge is 0.0758 e. The van der Waals surface area contributed by atoms with Crippen LogP contribution >= 0.6 is 11.9 Å². The normalized spacial score (nSPS) is 33.8. The van der Waals surface area contributed by atoms with E-state index in [-0.39, 0.29) is 0 Å². The molecular weight excluding hydrogens is 436 g/mol. The Morgan fingerprint density at radius 1 is 0.971 bits per heavy atom. The van der Waals surface area contributed by atoms with Crippen molar-refractivity contribution < 1.29 is 4.74 Å². The summed E-state index contributed by atoms with van der Waals surface area (Å²) in [6, 6.07) is 13.5. The molecule has 4 aliphatic carbocycles. The van der Waals surface area contributed by atoms with E-state index in [9.17, 15) is 0 Å². The van der Waals surface area contributed by atoms with Crippen LogP contribution in [0.2, 0.25) is 0 Å². The average molecular weight is 477 g/mol. The van der Waals surface area contributed by atoms with Gasteiger partial charge in [-0.15, -0.1) is 0 Å². The largest absolute Gasteiger partial charge is 0.377 e. The van der Waals surface area contributed by atoms with E-state index in [1.807, 2.05) is 11.9 Å². The van der Waals surface area contributed by atoms with E-state index in [0.717, 1.165) is 30.3 Å². The van der Waals surface area contributed by atoms with Gasteiger partial charge in [-0.05, 0) is 130 Å². The van der Waals surface area contributed by atoms with E-state index >= 15 is 0 Å². The fraction of sp³-hybridized carbons (Fsp3) is 0.667. The van der Waals surface area contributed by atoms with Crippen LogP contribution < -0.4 is 4.31 Å². The zero-order valence-corrected chi connectivity index (χ0v) is 21.6. The Hall–Kier alpha value is -1.23. The summed E-state index contributed by atoms with van der Waals surface area (Å²) in [7, 11) is 0. The summed E-state index contributed by atoms with van der Waals surface area (Å²) in [6.07, 6.45) is 12.0. The van der Waals surface area contributed by atoms with Crippen molar-refractivity contribution in [1.82, 2.24) is 4.90 Å². The van der Waals surface area contributed by atoms with Gasteiger partial charge in [-0.3, -0.25) is 0 Å². The third kappa shape index (κ3) is 3.79. The molecule has 2 heterocycles. The van der Waals surface area contributed by atoms with Crippen molar-refractivity contribution in [2.24, 2.45) is 29.1 Å². The van der Waals surface area contributed by atoms with Crippen molar-refractivity contribution in [3.63, 3.8) is 0 Å². The van der Waals surface area contributed by atoms with Crippen molar-refractivity contribution in [1.29, 1.82) is 0 Å². The molecule has 1 saturated heterocycles. The quantitative estimate of drug-likeness (QED) is 0.400. The first-order valence-corrected chi connectivity index (χ1v) is 14.8. The Balaban J connectivity index is 0.985. The van der Waals surface area contributed by atoms with Gasteiger partial charge in [-0.25, -0.2) is 0 Å². The van der Waals surface area contributed by atoms with Crippen molar-refractivity contribution in [2.75, 3.05) is 37.1 Å². The van der Waals surface area contributed by atoms with Crippen LogP contribution in [0, 0.1) is 29.1 Å². The van der Waals surface area contributed by atoms with Crippen LogP contribution in [0.15, 0.2) is 41.3 Å². The summed E-state index contributed by atoms with van der Waals surface area (Å²) in [4.78, 5) is 4.20. The third-order valence-electron chi connectivity index (χ3n) is 10.0. The van der Waals surface area contributed by atoms with Crippen LogP contribution in [0.1, 0.15) is 58.3 Å². The SMILES string of the molecule is CCO[C@@H](CN1CCC(CN2Sc3cccc4cccc2c34)CC1)C12CC3CC(CC(C3)C1)C2. The van der Waals surface area contributed by atoms with Gasteiger partial charge in [0.2, 0.25) is 0 Å². The van der Waals surface area contributed by atoms with Gasteiger partial charge in [-0.2, -0.15) is 0 Å². The van der Waals surface area contributed by atoms with Crippen LogP contribution in [0.3, 0.4) is 0 Å². The van der Waals surface area contributed by atoms with Crippen molar-refractivity contribution in [2.45, 2.75) is 69.3 Å². The van der Waals surface area contributed by atoms with Gasteiger partial charge < -0.3 is 13.9 Å². The predicted octanol–water partition coefficient (Wildman–Crippen LogP) is 7.00. The molecule has 2 aromatic rings. The highest BCUT2D eigenvalue weighted by Gasteiger charge is 2.54.